The van der Waals surface area contributed by atoms with Crippen LogP contribution in [0.1, 0.15) is 16.5 Å². The molecule has 4 nitrogen and oxygen atoms in total. The molecule has 0 aliphatic rings. The summed E-state index contributed by atoms with van der Waals surface area (Å²) < 4.78 is 38.8. The van der Waals surface area contributed by atoms with Gasteiger partial charge in [0, 0.05) is 0 Å². The maximum Gasteiger partial charge on any atom is 0.471 e. The van der Waals surface area contributed by atoms with Crippen molar-refractivity contribution in [1.82, 2.24) is 10.1 Å². The van der Waals surface area contributed by atoms with E-state index in [0.717, 1.165) is 0 Å². The molecule has 12 heavy (non-hydrogen) atoms. The normalized spacial score (nSPS) is 11.7. The summed E-state index contributed by atoms with van der Waals surface area (Å²) in [5.74, 6) is -2.39. The fourth-order valence-corrected chi connectivity index (χ4v) is 0.495. The number of carbonyl (C=O) groups excluding carboxylic acids is 1. The summed E-state index contributed by atoms with van der Waals surface area (Å²) in [6.45, 7) is 0. The van der Waals surface area contributed by atoms with E-state index in [1.165, 1.54) is 0 Å². The van der Waals surface area contributed by atoms with Crippen LogP contribution in [0.5, 0.6) is 0 Å². The van der Waals surface area contributed by atoms with Crippen LogP contribution in [0.3, 0.4) is 0 Å². The molecule has 1 rings (SSSR count). The van der Waals surface area contributed by atoms with Crippen molar-refractivity contribution in [3.8, 4) is 0 Å². The van der Waals surface area contributed by atoms with E-state index in [1.54, 1.807) is 0 Å². The fraction of sp³-hybridized carbons (Fsp3) is 0.250. The third kappa shape index (κ3) is 1.73. The molecular weight excluding hydrogens is 201 g/mol. The quantitative estimate of drug-likeness (QED) is 0.644. The summed E-state index contributed by atoms with van der Waals surface area (Å²) in [5.41, 5.74) is 0. The molecule has 0 bridgehead atoms. The Kier molecular flexibility index (Phi) is 2.05. The first-order valence-corrected chi connectivity index (χ1v) is 2.90. The van der Waals surface area contributed by atoms with Gasteiger partial charge >= 0.3 is 12.1 Å². The molecule has 1 aromatic heterocycles. The Bertz CT molecular complexity index is 307. The van der Waals surface area contributed by atoms with Crippen LogP contribution in [-0.2, 0) is 6.18 Å². The van der Waals surface area contributed by atoms with E-state index in [0.29, 0.717) is 0 Å². The summed E-state index contributed by atoms with van der Waals surface area (Å²) in [7, 11) is 0. The van der Waals surface area contributed by atoms with E-state index in [4.69, 9.17) is 11.6 Å². The van der Waals surface area contributed by atoms with Crippen molar-refractivity contribution in [1.29, 1.82) is 0 Å². The van der Waals surface area contributed by atoms with Gasteiger partial charge < -0.3 is 4.52 Å². The van der Waals surface area contributed by atoms with Crippen molar-refractivity contribution in [3.63, 3.8) is 0 Å². The highest BCUT2D eigenvalue weighted by Gasteiger charge is 2.38. The van der Waals surface area contributed by atoms with Gasteiger partial charge in [0.15, 0.2) is 0 Å². The highest BCUT2D eigenvalue weighted by molar-refractivity contribution is 6.67. The predicted octanol–water partition coefficient (Wildman–Crippen LogP) is 1.47. The van der Waals surface area contributed by atoms with Gasteiger partial charge in [-0.1, -0.05) is 5.16 Å². The molecule has 0 spiro atoms. The summed E-state index contributed by atoms with van der Waals surface area (Å²) in [5, 5.41) is 1.49. The van der Waals surface area contributed by atoms with Crippen LogP contribution in [-0.4, -0.2) is 15.4 Å². The highest BCUT2D eigenvalue weighted by Crippen LogP contribution is 2.27. The van der Waals surface area contributed by atoms with Gasteiger partial charge in [0.25, 0.3) is 11.1 Å². The fourth-order valence-electron chi connectivity index (χ4n) is 0.418. The zero-order chi connectivity index (χ0) is 9.35. The molecule has 66 valence electrons. The van der Waals surface area contributed by atoms with Crippen molar-refractivity contribution in [2.75, 3.05) is 0 Å². The molecule has 0 saturated heterocycles. The maximum atomic E-state index is 11.7. The van der Waals surface area contributed by atoms with Crippen LogP contribution in [0, 0.1) is 0 Å². The van der Waals surface area contributed by atoms with E-state index in [1.807, 2.05) is 0 Å². The molecular formula is C4ClF3N2O2. The minimum atomic E-state index is -4.75. The highest BCUT2D eigenvalue weighted by atomic mass is 35.5. The summed E-state index contributed by atoms with van der Waals surface area (Å²) >= 11 is 4.78. The van der Waals surface area contributed by atoms with Crippen LogP contribution in [0.25, 0.3) is 0 Å². The first-order valence-electron chi connectivity index (χ1n) is 2.52. The maximum absolute atomic E-state index is 11.7. The second-order valence-electron chi connectivity index (χ2n) is 1.69. The van der Waals surface area contributed by atoms with Gasteiger partial charge in [0.2, 0.25) is 0 Å². The first kappa shape index (κ1) is 8.98. The molecule has 0 atom stereocenters. The Balaban J connectivity index is 3.00. The monoisotopic (exact) mass is 200 g/mol. The molecule has 0 amide bonds. The van der Waals surface area contributed by atoms with Gasteiger partial charge in [-0.25, -0.2) is 0 Å². The zero-order valence-corrected chi connectivity index (χ0v) is 5.98. The van der Waals surface area contributed by atoms with Crippen LogP contribution < -0.4 is 0 Å². The Morgan fingerprint density at radius 1 is 1.50 bits per heavy atom. The van der Waals surface area contributed by atoms with E-state index in [-0.39, 0.29) is 0 Å². The van der Waals surface area contributed by atoms with Gasteiger partial charge in [-0.2, -0.15) is 18.2 Å². The molecule has 1 heterocycles. The molecule has 0 aromatic carbocycles. The number of alkyl halides is 3. The summed E-state index contributed by atoms with van der Waals surface area (Å²) in [6, 6.07) is 0. The van der Waals surface area contributed by atoms with E-state index in [9.17, 15) is 18.0 Å². The molecule has 0 N–H and O–H groups in total. The molecule has 0 fully saturated rings. The number of hydrogen-bond acceptors (Lipinski definition) is 4. The Morgan fingerprint density at radius 3 is 2.33 bits per heavy atom. The van der Waals surface area contributed by atoms with Gasteiger partial charge in [-0.05, 0) is 11.6 Å². The van der Waals surface area contributed by atoms with Crippen molar-refractivity contribution in [3.05, 3.63) is 11.7 Å². The lowest BCUT2D eigenvalue weighted by Gasteiger charge is -1.95. The van der Waals surface area contributed by atoms with Gasteiger partial charge in [0.1, 0.15) is 0 Å². The zero-order valence-electron chi connectivity index (χ0n) is 5.22. The van der Waals surface area contributed by atoms with Crippen molar-refractivity contribution >= 4 is 16.8 Å². The molecule has 0 unspecified atom stereocenters. The number of nitrogens with zero attached hydrogens (tertiary/aromatic N) is 2. The molecule has 1 aromatic rings. The van der Waals surface area contributed by atoms with Crippen LogP contribution in [0.2, 0.25) is 0 Å². The number of carbonyl (C=O) groups is 1. The van der Waals surface area contributed by atoms with Crippen molar-refractivity contribution in [2.45, 2.75) is 6.18 Å². The SMILES string of the molecule is O=C(Cl)c1noc(C(F)(F)F)n1. The topological polar surface area (TPSA) is 56.0 Å². The number of hydrogen-bond donors (Lipinski definition) is 0. The van der Waals surface area contributed by atoms with Gasteiger partial charge in [-0.15, -0.1) is 0 Å². The Morgan fingerprint density at radius 2 is 2.08 bits per heavy atom. The van der Waals surface area contributed by atoms with E-state index >= 15 is 0 Å². The Labute approximate surface area is 68.3 Å². The molecule has 0 aliphatic carbocycles. The third-order valence-corrected chi connectivity index (χ3v) is 1.01. The standard InChI is InChI=1S/C4ClF3N2O2/c5-1(11)2-9-3(12-10-2)4(6,7)8. The lowest BCUT2D eigenvalue weighted by atomic mass is 10.6. The lowest BCUT2D eigenvalue weighted by Crippen LogP contribution is -2.05. The minimum absolute atomic E-state index is 0.802. The van der Waals surface area contributed by atoms with Crippen LogP contribution >= 0.6 is 11.6 Å². The average Bonchev–Trinajstić information content (AvgIpc) is 2.30. The first-order chi connectivity index (χ1) is 5.41. The van der Waals surface area contributed by atoms with Crippen molar-refractivity contribution < 1.29 is 22.5 Å². The van der Waals surface area contributed by atoms with Crippen LogP contribution in [0.4, 0.5) is 13.2 Å². The second kappa shape index (κ2) is 2.74. The van der Waals surface area contributed by atoms with Gasteiger partial charge in [0.05, 0.1) is 0 Å². The van der Waals surface area contributed by atoms with E-state index < -0.39 is 23.1 Å². The number of rotatable bonds is 1. The minimum Gasteiger partial charge on any atom is -0.329 e. The molecule has 8 heteroatoms. The van der Waals surface area contributed by atoms with Crippen LogP contribution in [0.15, 0.2) is 4.52 Å². The third-order valence-electron chi connectivity index (χ3n) is 0.844. The number of aromatic nitrogens is 2. The Hall–Kier alpha value is -1.11. The van der Waals surface area contributed by atoms with Gasteiger partial charge in [-0.3, -0.25) is 4.79 Å². The summed E-state index contributed by atoms with van der Waals surface area (Å²) in [4.78, 5) is 12.9. The lowest BCUT2D eigenvalue weighted by molar-refractivity contribution is -0.159. The van der Waals surface area contributed by atoms with Crippen molar-refractivity contribution in [2.24, 2.45) is 0 Å². The predicted molar refractivity (Wildman–Crippen MR) is 29.5 cm³/mol. The molecule has 0 radical (unpaired) electrons. The average molecular weight is 201 g/mol. The number of halogens is 4. The second-order valence-corrected chi connectivity index (χ2v) is 2.04. The largest absolute Gasteiger partial charge is 0.471 e. The van der Waals surface area contributed by atoms with E-state index in [2.05, 4.69) is 14.7 Å². The summed E-state index contributed by atoms with van der Waals surface area (Å²) in [6.07, 6.45) is -4.75. The smallest absolute Gasteiger partial charge is 0.329 e. The molecule has 0 aliphatic heterocycles. The molecule has 0 saturated carbocycles.